The Hall–Kier alpha value is -2.53. The molecule has 0 aliphatic heterocycles. The van der Waals surface area contributed by atoms with Crippen molar-refractivity contribution in [2.45, 2.75) is 13.0 Å². The standard InChI is InChI=1S/C18H20O5/c1-3-22-15-10-9-13(11-16(15)21-2)18(20)17(12-19)23-14-7-5-4-6-8-14/h4-11,17,19H,3,12H2,1-2H3. The first-order valence-electron chi connectivity index (χ1n) is 7.37. The normalized spacial score (nSPS) is 11.6. The first kappa shape index (κ1) is 16.8. The molecule has 2 aromatic carbocycles. The SMILES string of the molecule is CCOc1ccc(C(=O)C(CO)Oc2ccccc2)cc1OC. The molecule has 1 N–H and O–H groups in total. The van der Waals surface area contributed by atoms with Crippen molar-refractivity contribution in [3.05, 3.63) is 54.1 Å². The monoisotopic (exact) mass is 316 g/mol. The molecule has 0 saturated heterocycles. The van der Waals surface area contributed by atoms with E-state index in [4.69, 9.17) is 14.2 Å². The van der Waals surface area contributed by atoms with Crippen molar-refractivity contribution >= 4 is 5.78 Å². The number of ether oxygens (including phenoxy) is 3. The summed E-state index contributed by atoms with van der Waals surface area (Å²) in [6.45, 7) is 1.96. The second-order valence-electron chi connectivity index (χ2n) is 4.77. The maximum atomic E-state index is 12.5. The second kappa shape index (κ2) is 8.19. The summed E-state index contributed by atoms with van der Waals surface area (Å²) < 4.78 is 16.2. The molecule has 1 unspecified atom stereocenters. The van der Waals surface area contributed by atoms with Gasteiger partial charge in [-0.1, -0.05) is 18.2 Å². The summed E-state index contributed by atoms with van der Waals surface area (Å²) in [4.78, 5) is 12.5. The predicted molar refractivity (Wildman–Crippen MR) is 86.4 cm³/mol. The van der Waals surface area contributed by atoms with Crippen LogP contribution in [0.5, 0.6) is 17.2 Å². The van der Waals surface area contributed by atoms with E-state index >= 15 is 0 Å². The lowest BCUT2D eigenvalue weighted by Crippen LogP contribution is -2.31. The Bertz CT molecular complexity index is 639. The van der Waals surface area contributed by atoms with E-state index in [0.717, 1.165) is 0 Å². The number of hydrogen-bond acceptors (Lipinski definition) is 5. The second-order valence-corrected chi connectivity index (χ2v) is 4.77. The minimum Gasteiger partial charge on any atom is -0.493 e. The Morgan fingerprint density at radius 2 is 1.87 bits per heavy atom. The molecule has 0 radical (unpaired) electrons. The van der Waals surface area contributed by atoms with Gasteiger partial charge in [0, 0.05) is 5.56 Å². The van der Waals surface area contributed by atoms with E-state index < -0.39 is 12.7 Å². The Morgan fingerprint density at radius 3 is 2.48 bits per heavy atom. The third-order valence-corrected chi connectivity index (χ3v) is 3.23. The highest BCUT2D eigenvalue weighted by Gasteiger charge is 2.22. The molecule has 23 heavy (non-hydrogen) atoms. The topological polar surface area (TPSA) is 65.0 Å². The lowest BCUT2D eigenvalue weighted by molar-refractivity contribution is 0.0659. The summed E-state index contributed by atoms with van der Waals surface area (Å²) in [6.07, 6.45) is -0.972. The van der Waals surface area contributed by atoms with Crippen LogP contribution in [0.2, 0.25) is 0 Å². The van der Waals surface area contributed by atoms with Crippen LogP contribution in [-0.4, -0.2) is 37.3 Å². The van der Waals surface area contributed by atoms with Crippen LogP contribution in [-0.2, 0) is 0 Å². The van der Waals surface area contributed by atoms with E-state index in [1.165, 1.54) is 7.11 Å². The number of rotatable bonds is 8. The van der Waals surface area contributed by atoms with E-state index in [0.29, 0.717) is 29.4 Å². The average Bonchev–Trinajstić information content (AvgIpc) is 2.60. The first-order valence-corrected chi connectivity index (χ1v) is 7.37. The van der Waals surface area contributed by atoms with Gasteiger partial charge in [0.25, 0.3) is 0 Å². The van der Waals surface area contributed by atoms with Crippen molar-refractivity contribution in [3.63, 3.8) is 0 Å². The zero-order valence-electron chi connectivity index (χ0n) is 13.2. The Balaban J connectivity index is 2.20. The van der Waals surface area contributed by atoms with Crippen molar-refractivity contribution in [3.8, 4) is 17.2 Å². The van der Waals surface area contributed by atoms with Crippen molar-refractivity contribution < 1.29 is 24.1 Å². The number of carbonyl (C=O) groups is 1. The number of ketones is 1. The van der Waals surface area contributed by atoms with Gasteiger partial charge >= 0.3 is 0 Å². The van der Waals surface area contributed by atoms with Crippen LogP contribution >= 0.6 is 0 Å². The molecule has 0 amide bonds. The molecule has 2 aromatic rings. The van der Waals surface area contributed by atoms with Crippen molar-refractivity contribution in [2.75, 3.05) is 20.3 Å². The van der Waals surface area contributed by atoms with Gasteiger partial charge in [0.15, 0.2) is 17.6 Å². The number of benzene rings is 2. The van der Waals surface area contributed by atoms with Gasteiger partial charge in [-0.2, -0.15) is 0 Å². The summed E-state index contributed by atoms with van der Waals surface area (Å²) in [5.41, 5.74) is 0.389. The van der Waals surface area contributed by atoms with Crippen LogP contribution in [0.1, 0.15) is 17.3 Å². The number of carbonyl (C=O) groups excluding carboxylic acids is 1. The fourth-order valence-corrected chi connectivity index (χ4v) is 2.12. The molecular weight excluding hydrogens is 296 g/mol. The van der Waals surface area contributed by atoms with Crippen LogP contribution in [0, 0.1) is 0 Å². The zero-order chi connectivity index (χ0) is 16.7. The lowest BCUT2D eigenvalue weighted by Gasteiger charge is -2.17. The van der Waals surface area contributed by atoms with Crippen LogP contribution in [0.25, 0.3) is 0 Å². The summed E-state index contributed by atoms with van der Waals surface area (Å²) in [5.74, 6) is 1.24. The summed E-state index contributed by atoms with van der Waals surface area (Å²) in [6, 6.07) is 13.8. The van der Waals surface area contributed by atoms with Crippen LogP contribution in [0.15, 0.2) is 48.5 Å². The Morgan fingerprint density at radius 1 is 1.13 bits per heavy atom. The molecule has 0 aliphatic carbocycles. The van der Waals surface area contributed by atoms with E-state index in [2.05, 4.69) is 0 Å². The number of methoxy groups -OCH3 is 1. The Kier molecular flexibility index (Phi) is 6.00. The fraction of sp³-hybridized carbons (Fsp3) is 0.278. The fourth-order valence-electron chi connectivity index (χ4n) is 2.12. The largest absolute Gasteiger partial charge is 0.493 e. The molecule has 0 aliphatic rings. The zero-order valence-corrected chi connectivity index (χ0v) is 13.2. The molecule has 1 atom stereocenters. The molecule has 0 fully saturated rings. The molecule has 0 spiro atoms. The maximum absolute atomic E-state index is 12.5. The number of hydrogen-bond donors (Lipinski definition) is 1. The Labute approximate surface area is 135 Å². The van der Waals surface area contributed by atoms with Crippen LogP contribution in [0.3, 0.4) is 0 Å². The highest BCUT2D eigenvalue weighted by atomic mass is 16.5. The molecule has 0 saturated carbocycles. The van der Waals surface area contributed by atoms with Crippen molar-refractivity contribution in [2.24, 2.45) is 0 Å². The summed E-state index contributed by atoms with van der Waals surface area (Å²) in [5, 5.41) is 9.48. The van der Waals surface area contributed by atoms with E-state index in [-0.39, 0.29) is 5.78 Å². The minimum absolute atomic E-state index is 0.322. The predicted octanol–water partition coefficient (Wildman–Crippen LogP) is 2.72. The smallest absolute Gasteiger partial charge is 0.205 e. The minimum atomic E-state index is -0.972. The average molecular weight is 316 g/mol. The van der Waals surface area contributed by atoms with Gasteiger partial charge in [-0.25, -0.2) is 0 Å². The van der Waals surface area contributed by atoms with E-state index in [1.807, 2.05) is 13.0 Å². The van der Waals surface area contributed by atoms with Gasteiger partial charge in [0.1, 0.15) is 5.75 Å². The van der Waals surface area contributed by atoms with Gasteiger partial charge < -0.3 is 19.3 Å². The molecule has 5 nitrogen and oxygen atoms in total. The third kappa shape index (κ3) is 4.23. The third-order valence-electron chi connectivity index (χ3n) is 3.23. The van der Waals surface area contributed by atoms with E-state index in [9.17, 15) is 9.90 Å². The van der Waals surface area contributed by atoms with Crippen LogP contribution in [0.4, 0.5) is 0 Å². The number of aliphatic hydroxyl groups is 1. The van der Waals surface area contributed by atoms with Crippen molar-refractivity contribution in [1.82, 2.24) is 0 Å². The highest BCUT2D eigenvalue weighted by Crippen LogP contribution is 2.28. The molecule has 0 aromatic heterocycles. The van der Waals surface area contributed by atoms with Gasteiger partial charge in [0.2, 0.25) is 5.78 Å². The summed E-state index contributed by atoms with van der Waals surface area (Å²) >= 11 is 0. The van der Waals surface area contributed by atoms with Gasteiger partial charge in [-0.15, -0.1) is 0 Å². The highest BCUT2D eigenvalue weighted by molar-refractivity contribution is 6.00. The number of aliphatic hydroxyl groups excluding tert-OH is 1. The first-order chi connectivity index (χ1) is 11.2. The van der Waals surface area contributed by atoms with Gasteiger partial charge in [-0.3, -0.25) is 4.79 Å². The van der Waals surface area contributed by atoms with Crippen molar-refractivity contribution in [1.29, 1.82) is 0 Å². The van der Waals surface area contributed by atoms with E-state index in [1.54, 1.807) is 42.5 Å². The number of para-hydroxylation sites is 1. The van der Waals surface area contributed by atoms with Gasteiger partial charge in [0.05, 0.1) is 20.3 Å². The quantitative estimate of drug-likeness (QED) is 0.759. The molecule has 0 heterocycles. The molecule has 0 bridgehead atoms. The molecule has 122 valence electrons. The maximum Gasteiger partial charge on any atom is 0.205 e. The molecule has 5 heteroatoms. The lowest BCUT2D eigenvalue weighted by atomic mass is 10.1. The van der Waals surface area contributed by atoms with Gasteiger partial charge in [-0.05, 0) is 37.3 Å². The molecular formula is C18H20O5. The summed E-state index contributed by atoms with van der Waals surface area (Å²) in [7, 11) is 1.51. The molecule has 2 rings (SSSR count). The van der Waals surface area contributed by atoms with Crippen LogP contribution < -0.4 is 14.2 Å². The number of Topliss-reactive ketones (excluding diaryl/α,β-unsaturated/α-hetero) is 1.